The second kappa shape index (κ2) is 5.68. The van der Waals surface area contributed by atoms with Crippen molar-refractivity contribution in [3.8, 4) is 0 Å². The van der Waals surface area contributed by atoms with Crippen molar-refractivity contribution in [2.24, 2.45) is 0 Å². The lowest BCUT2D eigenvalue weighted by atomic mass is 10.1. The summed E-state index contributed by atoms with van der Waals surface area (Å²) in [5.41, 5.74) is 2.80. The third-order valence-electron chi connectivity index (χ3n) is 3.82. The van der Waals surface area contributed by atoms with E-state index >= 15 is 0 Å². The topological polar surface area (TPSA) is 12.0 Å². The van der Waals surface area contributed by atoms with Crippen molar-refractivity contribution in [1.82, 2.24) is 5.32 Å². The zero-order valence-electron chi connectivity index (χ0n) is 12.0. The van der Waals surface area contributed by atoms with Gasteiger partial charge in [0.05, 0.1) is 0 Å². The number of nitrogens with one attached hydrogen (secondary N) is 1. The Labute approximate surface area is 128 Å². The molecule has 0 saturated carbocycles. The first-order valence-corrected chi connectivity index (χ1v) is 8.69. The second-order valence-corrected chi connectivity index (χ2v) is 7.12. The summed E-state index contributed by atoms with van der Waals surface area (Å²) < 4.78 is 1.39. The molecule has 3 aromatic rings. The quantitative estimate of drug-likeness (QED) is 0.653. The summed E-state index contributed by atoms with van der Waals surface area (Å²) in [6.07, 6.45) is 0. The van der Waals surface area contributed by atoms with E-state index in [2.05, 4.69) is 67.2 Å². The smallest absolute Gasteiger partial charge is 0.0394 e. The molecule has 0 fully saturated rings. The van der Waals surface area contributed by atoms with Crippen molar-refractivity contribution in [2.45, 2.75) is 32.9 Å². The van der Waals surface area contributed by atoms with Crippen molar-refractivity contribution < 1.29 is 0 Å². The Kier molecular flexibility index (Phi) is 3.92. The van der Waals surface area contributed by atoms with E-state index < -0.39 is 0 Å². The van der Waals surface area contributed by atoms with E-state index in [9.17, 15) is 0 Å². The minimum Gasteiger partial charge on any atom is -0.303 e. The molecule has 1 N–H and O–H groups in total. The molecule has 0 saturated heterocycles. The molecule has 2 atom stereocenters. The molecule has 1 nitrogen and oxygen atoms in total. The summed E-state index contributed by atoms with van der Waals surface area (Å²) in [7, 11) is 0. The Bertz CT molecular complexity index is 697. The SMILES string of the molecule is Cc1c(C(C)NC(C)c2ccsc2)sc2ccccc12. The molecule has 0 bridgehead atoms. The van der Waals surface area contributed by atoms with E-state index in [4.69, 9.17) is 0 Å². The van der Waals surface area contributed by atoms with Gasteiger partial charge in [0, 0.05) is 21.7 Å². The molecule has 0 aliphatic carbocycles. The van der Waals surface area contributed by atoms with E-state index in [0.29, 0.717) is 12.1 Å². The second-order valence-electron chi connectivity index (χ2n) is 5.25. The molecule has 0 aliphatic heterocycles. The fourth-order valence-corrected chi connectivity index (χ4v) is 4.65. The highest BCUT2D eigenvalue weighted by Gasteiger charge is 2.16. The third kappa shape index (κ3) is 2.53. The molecule has 3 heteroatoms. The molecule has 1 aromatic carbocycles. The standard InChI is InChI=1S/C17H19NS2/c1-11-15-6-4-5-7-16(15)20-17(11)13(3)18-12(2)14-8-9-19-10-14/h4-10,12-13,18H,1-3H3. The van der Waals surface area contributed by atoms with Crippen LogP contribution in [0.15, 0.2) is 41.1 Å². The Balaban J connectivity index is 1.85. The van der Waals surface area contributed by atoms with Gasteiger partial charge in [-0.3, -0.25) is 0 Å². The van der Waals surface area contributed by atoms with Crippen LogP contribution in [0.4, 0.5) is 0 Å². The van der Waals surface area contributed by atoms with Crippen LogP contribution in [0.3, 0.4) is 0 Å². The minimum absolute atomic E-state index is 0.377. The van der Waals surface area contributed by atoms with Crippen LogP contribution >= 0.6 is 22.7 Å². The molecule has 2 aromatic heterocycles. The number of aryl methyl sites for hydroxylation is 1. The molecule has 2 heterocycles. The van der Waals surface area contributed by atoms with E-state index in [1.165, 1.54) is 26.1 Å². The van der Waals surface area contributed by atoms with E-state index in [0.717, 1.165) is 0 Å². The number of benzene rings is 1. The Morgan fingerprint density at radius 3 is 2.55 bits per heavy atom. The van der Waals surface area contributed by atoms with E-state index in [-0.39, 0.29) is 0 Å². The zero-order valence-corrected chi connectivity index (χ0v) is 13.6. The van der Waals surface area contributed by atoms with Gasteiger partial charge in [-0.2, -0.15) is 11.3 Å². The van der Waals surface area contributed by atoms with Gasteiger partial charge in [-0.1, -0.05) is 18.2 Å². The fourth-order valence-electron chi connectivity index (χ4n) is 2.67. The van der Waals surface area contributed by atoms with Gasteiger partial charge in [-0.15, -0.1) is 11.3 Å². The van der Waals surface area contributed by atoms with Crippen LogP contribution < -0.4 is 5.32 Å². The first-order chi connectivity index (χ1) is 9.66. The summed E-state index contributed by atoms with van der Waals surface area (Å²) >= 11 is 3.67. The highest BCUT2D eigenvalue weighted by molar-refractivity contribution is 7.19. The van der Waals surface area contributed by atoms with Crippen LogP contribution in [-0.2, 0) is 0 Å². The van der Waals surface area contributed by atoms with Gasteiger partial charge in [0.15, 0.2) is 0 Å². The zero-order chi connectivity index (χ0) is 14.1. The maximum absolute atomic E-state index is 3.72. The van der Waals surface area contributed by atoms with Gasteiger partial charge < -0.3 is 5.32 Å². The fraction of sp³-hybridized carbons (Fsp3) is 0.294. The maximum atomic E-state index is 3.72. The Morgan fingerprint density at radius 1 is 1.05 bits per heavy atom. The van der Waals surface area contributed by atoms with Crippen molar-refractivity contribution in [1.29, 1.82) is 0 Å². The van der Waals surface area contributed by atoms with Crippen LogP contribution in [0, 0.1) is 6.92 Å². The normalized spacial score (nSPS) is 14.6. The van der Waals surface area contributed by atoms with Crippen molar-refractivity contribution >= 4 is 32.8 Å². The highest BCUT2D eigenvalue weighted by Crippen LogP contribution is 2.35. The van der Waals surface area contributed by atoms with Gasteiger partial charge in [-0.25, -0.2) is 0 Å². The van der Waals surface area contributed by atoms with Crippen molar-refractivity contribution in [2.75, 3.05) is 0 Å². The number of rotatable bonds is 4. The summed E-state index contributed by atoms with van der Waals surface area (Å²) in [6.45, 7) is 6.74. The van der Waals surface area contributed by atoms with Gasteiger partial charge >= 0.3 is 0 Å². The third-order valence-corrected chi connectivity index (χ3v) is 5.97. The average molecular weight is 301 g/mol. The first-order valence-electron chi connectivity index (χ1n) is 6.93. The van der Waals surface area contributed by atoms with Gasteiger partial charge in [-0.05, 0) is 60.2 Å². The van der Waals surface area contributed by atoms with Crippen LogP contribution in [-0.4, -0.2) is 0 Å². The molecule has 104 valence electrons. The lowest BCUT2D eigenvalue weighted by Crippen LogP contribution is -2.21. The van der Waals surface area contributed by atoms with Crippen LogP contribution in [0.2, 0.25) is 0 Å². The molecule has 0 aliphatic rings. The number of hydrogen-bond donors (Lipinski definition) is 1. The van der Waals surface area contributed by atoms with Crippen LogP contribution in [0.25, 0.3) is 10.1 Å². The van der Waals surface area contributed by atoms with Crippen LogP contribution in [0.1, 0.15) is 41.9 Å². The molecule has 0 amide bonds. The molecule has 3 rings (SSSR count). The molecule has 0 spiro atoms. The molecule has 2 unspecified atom stereocenters. The predicted octanol–water partition coefficient (Wildman–Crippen LogP) is 5.68. The summed E-state index contributed by atoms with van der Waals surface area (Å²) in [4.78, 5) is 1.45. The minimum atomic E-state index is 0.377. The monoisotopic (exact) mass is 301 g/mol. The van der Waals surface area contributed by atoms with Crippen molar-refractivity contribution in [3.63, 3.8) is 0 Å². The van der Waals surface area contributed by atoms with E-state index in [1.807, 2.05) is 11.3 Å². The summed E-state index contributed by atoms with van der Waals surface area (Å²) in [5, 5.41) is 9.48. The Morgan fingerprint density at radius 2 is 1.85 bits per heavy atom. The predicted molar refractivity (Wildman–Crippen MR) is 90.8 cm³/mol. The number of fused-ring (bicyclic) bond motifs is 1. The van der Waals surface area contributed by atoms with Gasteiger partial charge in [0.25, 0.3) is 0 Å². The molecular weight excluding hydrogens is 282 g/mol. The number of thiophene rings is 2. The molecule has 20 heavy (non-hydrogen) atoms. The van der Waals surface area contributed by atoms with Gasteiger partial charge in [0.2, 0.25) is 0 Å². The Hall–Kier alpha value is -1.16. The average Bonchev–Trinajstić information content (AvgIpc) is 3.07. The van der Waals surface area contributed by atoms with E-state index in [1.54, 1.807) is 11.3 Å². The van der Waals surface area contributed by atoms with Crippen LogP contribution in [0.5, 0.6) is 0 Å². The maximum Gasteiger partial charge on any atom is 0.0394 e. The molecule has 0 radical (unpaired) electrons. The summed E-state index contributed by atoms with van der Waals surface area (Å²) in [6, 6.07) is 11.6. The molecular formula is C17H19NS2. The largest absolute Gasteiger partial charge is 0.303 e. The lowest BCUT2D eigenvalue weighted by molar-refractivity contribution is 0.500. The summed E-state index contributed by atoms with van der Waals surface area (Å²) in [5.74, 6) is 0. The number of hydrogen-bond acceptors (Lipinski definition) is 3. The highest BCUT2D eigenvalue weighted by atomic mass is 32.1. The first kappa shape index (κ1) is 13.8. The van der Waals surface area contributed by atoms with Gasteiger partial charge in [0.1, 0.15) is 0 Å². The lowest BCUT2D eigenvalue weighted by Gasteiger charge is -2.19. The van der Waals surface area contributed by atoms with Crippen molar-refractivity contribution in [3.05, 3.63) is 57.1 Å².